The second-order valence-electron chi connectivity index (χ2n) is 4.12. The predicted octanol–water partition coefficient (Wildman–Crippen LogP) is 0.339. The molecule has 0 aromatic carbocycles. The van der Waals surface area contributed by atoms with E-state index in [0.29, 0.717) is 17.8 Å². The number of carbonyl (C=O) groups excluding carboxylic acids is 1. The fourth-order valence-electron chi connectivity index (χ4n) is 1.61. The first-order valence-electron chi connectivity index (χ1n) is 5.26. The molecule has 0 aliphatic heterocycles. The summed E-state index contributed by atoms with van der Waals surface area (Å²) in [7, 11) is 0. The maximum Gasteiger partial charge on any atom is 0.355 e. The molecule has 4 N–H and O–H groups in total. The first-order valence-corrected chi connectivity index (χ1v) is 6.14. The molecule has 0 spiro atoms. The SMILES string of the molecule is NC1(C(=O)NCc2nc(C(=O)O)cs2)CCC1. The Morgan fingerprint density at radius 3 is 2.76 bits per heavy atom. The fraction of sp³-hybridized carbons (Fsp3) is 0.500. The van der Waals surface area contributed by atoms with Crippen molar-refractivity contribution in [3.05, 3.63) is 16.1 Å². The van der Waals surface area contributed by atoms with Gasteiger partial charge in [0.15, 0.2) is 5.69 Å². The van der Waals surface area contributed by atoms with Gasteiger partial charge < -0.3 is 16.2 Å². The minimum Gasteiger partial charge on any atom is -0.476 e. The van der Waals surface area contributed by atoms with Gasteiger partial charge in [-0.2, -0.15) is 0 Å². The molecule has 92 valence electrons. The van der Waals surface area contributed by atoms with E-state index >= 15 is 0 Å². The molecule has 1 heterocycles. The monoisotopic (exact) mass is 255 g/mol. The highest BCUT2D eigenvalue weighted by atomic mass is 32.1. The Morgan fingerprint density at radius 1 is 1.59 bits per heavy atom. The molecule has 1 aliphatic carbocycles. The quantitative estimate of drug-likeness (QED) is 0.719. The molecule has 0 atom stereocenters. The zero-order valence-corrected chi connectivity index (χ0v) is 9.92. The third kappa shape index (κ3) is 2.45. The van der Waals surface area contributed by atoms with Crippen molar-refractivity contribution in [1.82, 2.24) is 10.3 Å². The van der Waals surface area contributed by atoms with E-state index in [1.165, 1.54) is 16.7 Å². The number of aromatic nitrogens is 1. The molecule has 6 nitrogen and oxygen atoms in total. The van der Waals surface area contributed by atoms with Gasteiger partial charge in [0, 0.05) is 5.38 Å². The Labute approximate surface area is 102 Å². The van der Waals surface area contributed by atoms with Crippen molar-refractivity contribution in [2.45, 2.75) is 31.3 Å². The summed E-state index contributed by atoms with van der Waals surface area (Å²) in [5.74, 6) is -1.25. The highest BCUT2D eigenvalue weighted by Crippen LogP contribution is 2.29. The number of carboxylic acid groups (broad SMARTS) is 1. The van der Waals surface area contributed by atoms with Gasteiger partial charge in [-0.3, -0.25) is 4.79 Å². The lowest BCUT2D eigenvalue weighted by molar-refractivity contribution is -0.129. The van der Waals surface area contributed by atoms with Crippen LogP contribution in [0.4, 0.5) is 0 Å². The zero-order valence-electron chi connectivity index (χ0n) is 9.10. The molecule has 1 fully saturated rings. The van der Waals surface area contributed by atoms with Gasteiger partial charge >= 0.3 is 5.97 Å². The van der Waals surface area contributed by atoms with Crippen molar-refractivity contribution in [3.63, 3.8) is 0 Å². The van der Waals surface area contributed by atoms with Crippen LogP contribution in [0.15, 0.2) is 5.38 Å². The minimum absolute atomic E-state index is 0.00496. The van der Waals surface area contributed by atoms with Crippen LogP contribution >= 0.6 is 11.3 Å². The number of carboxylic acids is 1. The smallest absolute Gasteiger partial charge is 0.355 e. The second-order valence-corrected chi connectivity index (χ2v) is 5.07. The molecule has 0 unspecified atom stereocenters. The van der Waals surface area contributed by atoms with Gasteiger partial charge in [0.2, 0.25) is 5.91 Å². The zero-order chi connectivity index (χ0) is 12.5. The van der Waals surface area contributed by atoms with Crippen LogP contribution in [-0.2, 0) is 11.3 Å². The van der Waals surface area contributed by atoms with E-state index in [1.54, 1.807) is 0 Å². The van der Waals surface area contributed by atoms with Crippen molar-refractivity contribution in [2.24, 2.45) is 5.73 Å². The maximum atomic E-state index is 11.7. The summed E-state index contributed by atoms with van der Waals surface area (Å²) in [4.78, 5) is 26.2. The Hall–Kier alpha value is -1.47. The van der Waals surface area contributed by atoms with E-state index in [1.807, 2.05) is 0 Å². The largest absolute Gasteiger partial charge is 0.476 e. The van der Waals surface area contributed by atoms with Gasteiger partial charge in [0.25, 0.3) is 0 Å². The summed E-state index contributed by atoms with van der Waals surface area (Å²) in [6.07, 6.45) is 2.39. The number of nitrogens with two attached hydrogens (primary N) is 1. The summed E-state index contributed by atoms with van der Waals surface area (Å²) in [6, 6.07) is 0. The first-order chi connectivity index (χ1) is 8.01. The minimum atomic E-state index is -1.06. The molecule has 17 heavy (non-hydrogen) atoms. The lowest BCUT2D eigenvalue weighted by atomic mass is 9.77. The Balaban J connectivity index is 1.89. The van der Waals surface area contributed by atoms with Gasteiger partial charge in [-0.1, -0.05) is 0 Å². The van der Waals surface area contributed by atoms with E-state index in [9.17, 15) is 9.59 Å². The molecular formula is C10H13N3O3S. The molecule has 1 aromatic rings. The normalized spacial score (nSPS) is 17.2. The standard InChI is InChI=1S/C10H13N3O3S/c11-10(2-1-3-10)9(16)12-4-7-13-6(5-17-7)8(14)15/h5H,1-4,11H2,(H,12,16)(H,14,15). The molecule has 1 amide bonds. The number of nitrogens with zero attached hydrogens (tertiary/aromatic N) is 1. The van der Waals surface area contributed by atoms with Crippen molar-refractivity contribution in [2.75, 3.05) is 0 Å². The maximum absolute atomic E-state index is 11.7. The lowest BCUT2D eigenvalue weighted by Crippen LogP contribution is -2.58. The topological polar surface area (TPSA) is 105 Å². The summed E-state index contributed by atoms with van der Waals surface area (Å²) >= 11 is 1.21. The van der Waals surface area contributed by atoms with E-state index in [2.05, 4.69) is 10.3 Å². The number of carbonyl (C=O) groups is 2. The number of hydrogen-bond acceptors (Lipinski definition) is 5. The second kappa shape index (κ2) is 4.42. The van der Waals surface area contributed by atoms with Crippen LogP contribution in [0.25, 0.3) is 0 Å². The number of nitrogens with one attached hydrogen (secondary N) is 1. The molecule has 1 saturated carbocycles. The van der Waals surface area contributed by atoms with E-state index in [0.717, 1.165) is 6.42 Å². The molecule has 7 heteroatoms. The van der Waals surface area contributed by atoms with Gasteiger partial charge in [-0.25, -0.2) is 9.78 Å². The van der Waals surface area contributed by atoms with E-state index < -0.39 is 11.5 Å². The predicted molar refractivity (Wildman–Crippen MR) is 61.7 cm³/mol. The van der Waals surface area contributed by atoms with Crippen LogP contribution in [-0.4, -0.2) is 27.5 Å². The van der Waals surface area contributed by atoms with Crippen molar-refractivity contribution >= 4 is 23.2 Å². The Kier molecular flexibility index (Phi) is 3.12. The van der Waals surface area contributed by atoms with Crippen molar-refractivity contribution in [1.29, 1.82) is 0 Å². The average Bonchev–Trinajstić information content (AvgIpc) is 2.71. The van der Waals surface area contributed by atoms with Crippen LogP contribution in [0.2, 0.25) is 0 Å². The summed E-state index contributed by atoms with van der Waals surface area (Å²) < 4.78 is 0. The van der Waals surface area contributed by atoms with Crippen LogP contribution in [0.3, 0.4) is 0 Å². The molecular weight excluding hydrogens is 242 g/mol. The molecule has 0 bridgehead atoms. The van der Waals surface area contributed by atoms with Gasteiger partial charge in [-0.15, -0.1) is 11.3 Å². The highest BCUT2D eigenvalue weighted by molar-refractivity contribution is 7.09. The van der Waals surface area contributed by atoms with Crippen LogP contribution in [0.5, 0.6) is 0 Å². The van der Waals surface area contributed by atoms with Gasteiger partial charge in [0.1, 0.15) is 5.01 Å². The fourth-order valence-corrected chi connectivity index (χ4v) is 2.31. The average molecular weight is 255 g/mol. The molecule has 1 aromatic heterocycles. The highest BCUT2D eigenvalue weighted by Gasteiger charge is 2.39. The van der Waals surface area contributed by atoms with E-state index in [4.69, 9.17) is 10.8 Å². The number of rotatable bonds is 4. The number of amides is 1. The molecule has 1 aliphatic rings. The van der Waals surface area contributed by atoms with Gasteiger partial charge in [0.05, 0.1) is 12.1 Å². The van der Waals surface area contributed by atoms with Gasteiger partial charge in [-0.05, 0) is 19.3 Å². The number of thiazole rings is 1. The van der Waals surface area contributed by atoms with Crippen LogP contribution in [0.1, 0.15) is 34.8 Å². The number of hydrogen-bond donors (Lipinski definition) is 3. The summed E-state index contributed by atoms with van der Waals surface area (Å²) in [5.41, 5.74) is 5.12. The lowest BCUT2D eigenvalue weighted by Gasteiger charge is -2.36. The van der Waals surface area contributed by atoms with Crippen LogP contribution < -0.4 is 11.1 Å². The Bertz CT molecular complexity index is 453. The molecule has 0 radical (unpaired) electrons. The third-order valence-corrected chi connectivity index (χ3v) is 3.72. The van der Waals surface area contributed by atoms with Crippen LogP contribution in [0, 0.1) is 0 Å². The van der Waals surface area contributed by atoms with E-state index in [-0.39, 0.29) is 18.1 Å². The number of aromatic carboxylic acids is 1. The Morgan fingerprint density at radius 2 is 2.29 bits per heavy atom. The van der Waals surface area contributed by atoms with Crippen molar-refractivity contribution in [3.8, 4) is 0 Å². The summed E-state index contributed by atoms with van der Waals surface area (Å²) in [5, 5.41) is 13.4. The molecule has 0 saturated heterocycles. The first kappa shape index (κ1) is 12.0. The summed E-state index contributed by atoms with van der Waals surface area (Å²) in [6.45, 7) is 0.232. The third-order valence-electron chi connectivity index (χ3n) is 2.87. The molecule has 2 rings (SSSR count). The van der Waals surface area contributed by atoms with Crippen molar-refractivity contribution < 1.29 is 14.7 Å².